The maximum Gasteiger partial charge on any atom is 0.250 e. The average molecular weight is 338 g/mol. The van der Waals surface area contributed by atoms with E-state index < -0.39 is 5.91 Å². The van der Waals surface area contributed by atoms with Crippen LogP contribution in [0.4, 0.5) is 10.2 Å². The number of pyridine rings is 1. The monoisotopic (exact) mass is 337 g/mol. The third-order valence-corrected chi connectivity index (χ3v) is 4.91. The van der Waals surface area contributed by atoms with Crippen molar-refractivity contribution in [1.82, 2.24) is 4.98 Å². The van der Waals surface area contributed by atoms with Crippen molar-refractivity contribution in [2.45, 2.75) is 17.4 Å². The van der Waals surface area contributed by atoms with Crippen LogP contribution < -0.4 is 11.1 Å². The molecule has 2 heterocycles. The number of thioether (sulfide) groups is 1. The number of halogens is 2. The molecule has 1 amide bonds. The number of benzene rings is 1. The molecule has 1 aliphatic rings. The summed E-state index contributed by atoms with van der Waals surface area (Å²) in [5.41, 5.74) is 6.34. The molecule has 7 heteroatoms. The van der Waals surface area contributed by atoms with E-state index in [-0.39, 0.29) is 17.4 Å². The van der Waals surface area contributed by atoms with Crippen LogP contribution in [0.15, 0.2) is 35.4 Å². The highest BCUT2D eigenvalue weighted by Gasteiger charge is 2.24. The molecule has 3 rings (SSSR count). The van der Waals surface area contributed by atoms with Crippen molar-refractivity contribution in [3.05, 3.63) is 52.4 Å². The molecule has 1 aliphatic heterocycles. The molecule has 1 aromatic carbocycles. The molecule has 1 atom stereocenters. The Kier molecular flexibility index (Phi) is 4.22. The predicted octanol–water partition coefficient (Wildman–Crippen LogP) is 3.62. The number of aromatic nitrogens is 1. The fourth-order valence-corrected chi connectivity index (χ4v) is 3.74. The van der Waals surface area contributed by atoms with Crippen LogP contribution in [-0.2, 0) is 0 Å². The molecule has 3 N–H and O–H groups in total. The Balaban J connectivity index is 1.89. The SMILES string of the molecule is NC(=O)c1cnc(N[C@@H]2CCSc3c(F)cccc32)c(Cl)c1. The summed E-state index contributed by atoms with van der Waals surface area (Å²) in [4.78, 5) is 15.9. The second-order valence-electron chi connectivity index (χ2n) is 4.91. The molecule has 0 spiro atoms. The van der Waals surface area contributed by atoms with E-state index in [4.69, 9.17) is 17.3 Å². The fraction of sp³-hybridized carbons (Fsp3) is 0.200. The van der Waals surface area contributed by atoms with Crippen molar-refractivity contribution in [2.24, 2.45) is 5.73 Å². The molecule has 0 bridgehead atoms. The topological polar surface area (TPSA) is 68.0 Å². The molecule has 4 nitrogen and oxygen atoms in total. The molecule has 0 unspecified atom stereocenters. The molecule has 0 radical (unpaired) electrons. The van der Waals surface area contributed by atoms with E-state index >= 15 is 0 Å². The summed E-state index contributed by atoms with van der Waals surface area (Å²) < 4.78 is 13.9. The van der Waals surface area contributed by atoms with E-state index in [0.29, 0.717) is 15.7 Å². The third kappa shape index (κ3) is 2.89. The third-order valence-electron chi connectivity index (χ3n) is 3.46. The Morgan fingerprint density at radius 3 is 3.05 bits per heavy atom. The average Bonchev–Trinajstić information content (AvgIpc) is 2.50. The van der Waals surface area contributed by atoms with Crippen molar-refractivity contribution in [3.63, 3.8) is 0 Å². The first-order valence-corrected chi connectivity index (χ1v) is 8.05. The van der Waals surface area contributed by atoms with Gasteiger partial charge in [0.15, 0.2) is 0 Å². The van der Waals surface area contributed by atoms with Gasteiger partial charge in [0, 0.05) is 16.8 Å². The number of fused-ring (bicyclic) bond motifs is 1. The molecule has 0 fully saturated rings. The Hall–Kier alpha value is -1.79. The normalized spacial score (nSPS) is 16.9. The molecule has 0 saturated heterocycles. The van der Waals surface area contributed by atoms with Gasteiger partial charge in [-0.25, -0.2) is 9.37 Å². The summed E-state index contributed by atoms with van der Waals surface area (Å²) in [6.45, 7) is 0. The van der Waals surface area contributed by atoms with Gasteiger partial charge in [0.25, 0.3) is 0 Å². The van der Waals surface area contributed by atoms with Crippen LogP contribution in [0, 0.1) is 5.82 Å². The summed E-state index contributed by atoms with van der Waals surface area (Å²) in [7, 11) is 0. The minimum Gasteiger partial charge on any atom is -0.366 e. The number of hydrogen-bond acceptors (Lipinski definition) is 4. The van der Waals surface area contributed by atoms with Gasteiger partial charge in [-0.3, -0.25) is 4.79 Å². The van der Waals surface area contributed by atoms with E-state index in [1.54, 1.807) is 6.07 Å². The molecule has 22 heavy (non-hydrogen) atoms. The van der Waals surface area contributed by atoms with Gasteiger partial charge in [0.05, 0.1) is 16.6 Å². The minimum atomic E-state index is -0.581. The number of hydrogen-bond donors (Lipinski definition) is 2. The van der Waals surface area contributed by atoms with Gasteiger partial charge in [-0.1, -0.05) is 23.7 Å². The molecular weight excluding hydrogens is 325 g/mol. The van der Waals surface area contributed by atoms with Gasteiger partial charge >= 0.3 is 0 Å². The van der Waals surface area contributed by atoms with Crippen LogP contribution in [0.1, 0.15) is 28.4 Å². The first-order chi connectivity index (χ1) is 10.6. The first-order valence-electron chi connectivity index (χ1n) is 6.69. The van der Waals surface area contributed by atoms with Gasteiger partial charge in [0.2, 0.25) is 5.91 Å². The first kappa shape index (κ1) is 15.1. The summed E-state index contributed by atoms with van der Waals surface area (Å²) in [6, 6.07) is 6.45. The van der Waals surface area contributed by atoms with Gasteiger partial charge in [-0.15, -0.1) is 11.8 Å². The Morgan fingerprint density at radius 2 is 2.32 bits per heavy atom. The van der Waals surface area contributed by atoms with Crippen LogP contribution in [0.2, 0.25) is 5.02 Å². The summed E-state index contributed by atoms with van der Waals surface area (Å²) in [5.74, 6) is 0.473. The number of rotatable bonds is 3. The second-order valence-corrected chi connectivity index (χ2v) is 6.42. The zero-order chi connectivity index (χ0) is 15.7. The Labute approximate surface area is 136 Å². The highest BCUT2D eigenvalue weighted by atomic mass is 35.5. The number of nitrogens with two attached hydrogens (primary N) is 1. The van der Waals surface area contributed by atoms with Crippen molar-refractivity contribution in [1.29, 1.82) is 0 Å². The lowest BCUT2D eigenvalue weighted by molar-refractivity contribution is 0.1000. The maximum absolute atomic E-state index is 13.9. The number of carbonyl (C=O) groups excluding carboxylic acids is 1. The maximum atomic E-state index is 13.9. The van der Waals surface area contributed by atoms with E-state index in [9.17, 15) is 9.18 Å². The largest absolute Gasteiger partial charge is 0.366 e. The van der Waals surface area contributed by atoms with E-state index in [0.717, 1.165) is 17.7 Å². The lowest BCUT2D eigenvalue weighted by Gasteiger charge is -2.27. The van der Waals surface area contributed by atoms with Gasteiger partial charge in [0.1, 0.15) is 11.6 Å². The van der Waals surface area contributed by atoms with E-state index in [1.165, 1.54) is 30.1 Å². The molecule has 1 aromatic heterocycles. The number of primary amides is 1. The highest BCUT2D eigenvalue weighted by Crippen LogP contribution is 2.39. The zero-order valence-electron chi connectivity index (χ0n) is 11.5. The standard InChI is InChI=1S/C15H13ClFN3OS/c16-10-6-8(14(18)21)7-19-15(10)20-12-4-5-22-13-9(12)2-1-3-11(13)17/h1-3,6-7,12H,4-5H2,(H2,18,21)(H,19,20)/t12-/m1/s1. The van der Waals surface area contributed by atoms with E-state index in [2.05, 4.69) is 10.3 Å². The quantitative estimate of drug-likeness (QED) is 0.897. The second kappa shape index (κ2) is 6.14. The van der Waals surface area contributed by atoms with Crippen LogP contribution in [0.5, 0.6) is 0 Å². The molecule has 0 aliphatic carbocycles. The summed E-state index contributed by atoms with van der Waals surface area (Å²) in [5, 5.41) is 3.54. The highest BCUT2D eigenvalue weighted by molar-refractivity contribution is 7.99. The number of anilines is 1. The van der Waals surface area contributed by atoms with Gasteiger partial charge in [-0.05, 0) is 24.1 Å². The fourth-order valence-electron chi connectivity index (χ4n) is 2.38. The molecule has 0 saturated carbocycles. The van der Waals surface area contributed by atoms with Crippen molar-refractivity contribution in [2.75, 3.05) is 11.1 Å². The minimum absolute atomic E-state index is 0.0728. The van der Waals surface area contributed by atoms with Gasteiger partial charge < -0.3 is 11.1 Å². The Bertz CT molecular complexity index is 741. The smallest absolute Gasteiger partial charge is 0.250 e. The number of amides is 1. The summed E-state index contributed by atoms with van der Waals surface area (Å²) in [6.07, 6.45) is 2.21. The number of nitrogens with one attached hydrogen (secondary N) is 1. The molecule has 114 valence electrons. The van der Waals surface area contributed by atoms with Gasteiger partial charge in [-0.2, -0.15) is 0 Å². The number of carbonyl (C=O) groups is 1. The van der Waals surface area contributed by atoms with Crippen LogP contribution in [-0.4, -0.2) is 16.6 Å². The van der Waals surface area contributed by atoms with Crippen molar-refractivity contribution < 1.29 is 9.18 Å². The Morgan fingerprint density at radius 1 is 1.50 bits per heavy atom. The number of nitrogens with zero attached hydrogens (tertiary/aromatic N) is 1. The van der Waals surface area contributed by atoms with Crippen LogP contribution >= 0.6 is 23.4 Å². The van der Waals surface area contributed by atoms with Crippen LogP contribution in [0.25, 0.3) is 0 Å². The predicted molar refractivity (Wildman–Crippen MR) is 85.9 cm³/mol. The van der Waals surface area contributed by atoms with Crippen molar-refractivity contribution >= 4 is 35.1 Å². The lowest BCUT2D eigenvalue weighted by atomic mass is 10.0. The molecular formula is C15H13ClFN3OS. The van der Waals surface area contributed by atoms with Crippen molar-refractivity contribution in [3.8, 4) is 0 Å². The summed E-state index contributed by atoms with van der Waals surface area (Å²) >= 11 is 7.65. The zero-order valence-corrected chi connectivity index (χ0v) is 13.0. The molecule has 2 aromatic rings. The van der Waals surface area contributed by atoms with Crippen LogP contribution in [0.3, 0.4) is 0 Å². The lowest BCUT2D eigenvalue weighted by Crippen LogP contribution is -2.18. The van der Waals surface area contributed by atoms with E-state index in [1.807, 2.05) is 6.07 Å².